The summed E-state index contributed by atoms with van der Waals surface area (Å²) in [6.07, 6.45) is 5.84. The molecule has 3 rings (SSSR count). The summed E-state index contributed by atoms with van der Waals surface area (Å²) in [5.74, 6) is -0.897. The van der Waals surface area contributed by atoms with Crippen molar-refractivity contribution in [3.63, 3.8) is 0 Å². The number of benzene rings is 1. The van der Waals surface area contributed by atoms with E-state index < -0.39 is 21.9 Å². The molecule has 0 aromatic heterocycles. The second kappa shape index (κ2) is 7.40. The minimum atomic E-state index is -3.66. The minimum Gasteiger partial charge on any atom is -0.481 e. The van der Waals surface area contributed by atoms with Gasteiger partial charge in [0.2, 0.25) is 10.0 Å². The number of carboxylic acid groups (broad SMARTS) is 1. The van der Waals surface area contributed by atoms with Gasteiger partial charge in [0.15, 0.2) is 0 Å². The fourth-order valence-electron chi connectivity index (χ4n) is 5.13. The first-order valence-corrected chi connectivity index (χ1v) is 11.1. The second-order valence-electron chi connectivity index (χ2n) is 8.40. The Kier molecular flexibility index (Phi) is 5.50. The number of nitrogens with one attached hydrogen (secondary N) is 1. The number of fused-ring (bicyclic) bond motifs is 1. The van der Waals surface area contributed by atoms with E-state index in [4.69, 9.17) is 0 Å². The van der Waals surface area contributed by atoms with E-state index in [1.165, 1.54) is 0 Å². The molecule has 2 aliphatic carbocycles. The Labute approximate surface area is 161 Å². The third kappa shape index (κ3) is 3.83. The van der Waals surface area contributed by atoms with Crippen LogP contribution in [0.1, 0.15) is 40.0 Å². The van der Waals surface area contributed by atoms with Crippen LogP contribution in [0, 0.1) is 29.1 Å². The van der Waals surface area contributed by atoms with Gasteiger partial charge in [0.25, 0.3) is 0 Å². The van der Waals surface area contributed by atoms with E-state index in [1.807, 2.05) is 19.1 Å². The SMILES string of the molecule is C/C=C\CCC(C(=O)O)C1C(NS(=O)(=O)c2ccccc2)CC2C1C2(C)C. The fraction of sp³-hybridized carbons (Fsp3) is 0.571. The highest BCUT2D eigenvalue weighted by Crippen LogP contribution is 2.70. The van der Waals surface area contributed by atoms with Crippen LogP contribution in [0.3, 0.4) is 0 Å². The van der Waals surface area contributed by atoms with Crippen molar-refractivity contribution < 1.29 is 18.3 Å². The highest BCUT2D eigenvalue weighted by atomic mass is 32.2. The van der Waals surface area contributed by atoms with Gasteiger partial charge in [0.1, 0.15) is 0 Å². The van der Waals surface area contributed by atoms with Gasteiger partial charge in [0.05, 0.1) is 10.8 Å². The van der Waals surface area contributed by atoms with Crippen molar-refractivity contribution in [2.24, 2.45) is 29.1 Å². The molecule has 5 nitrogen and oxygen atoms in total. The Bertz CT molecular complexity index is 816. The van der Waals surface area contributed by atoms with E-state index in [0.717, 1.165) is 0 Å². The number of carbonyl (C=O) groups is 1. The van der Waals surface area contributed by atoms with Gasteiger partial charge in [-0.2, -0.15) is 0 Å². The lowest BCUT2D eigenvalue weighted by molar-refractivity contribution is -0.144. The first-order valence-electron chi connectivity index (χ1n) is 9.61. The molecule has 2 saturated carbocycles. The monoisotopic (exact) mass is 391 g/mol. The van der Waals surface area contributed by atoms with Gasteiger partial charge >= 0.3 is 5.97 Å². The van der Waals surface area contributed by atoms with Crippen LogP contribution in [0.4, 0.5) is 0 Å². The van der Waals surface area contributed by atoms with Crippen LogP contribution in [0.25, 0.3) is 0 Å². The zero-order valence-electron chi connectivity index (χ0n) is 16.1. The lowest BCUT2D eigenvalue weighted by atomic mass is 9.78. The molecular weight excluding hydrogens is 362 g/mol. The van der Waals surface area contributed by atoms with E-state index in [0.29, 0.717) is 25.2 Å². The molecule has 2 aliphatic rings. The summed E-state index contributed by atoms with van der Waals surface area (Å²) in [6, 6.07) is 7.97. The zero-order chi connectivity index (χ0) is 19.8. The largest absolute Gasteiger partial charge is 0.481 e. The molecule has 1 aromatic carbocycles. The predicted molar refractivity (Wildman–Crippen MR) is 105 cm³/mol. The second-order valence-corrected chi connectivity index (χ2v) is 10.1. The molecule has 0 heterocycles. The van der Waals surface area contributed by atoms with Crippen LogP contribution in [-0.4, -0.2) is 25.5 Å². The predicted octanol–water partition coefficient (Wildman–Crippen LogP) is 3.68. The molecule has 0 spiro atoms. The van der Waals surface area contributed by atoms with Crippen LogP contribution in [0.15, 0.2) is 47.4 Å². The van der Waals surface area contributed by atoms with Crippen molar-refractivity contribution >= 4 is 16.0 Å². The van der Waals surface area contributed by atoms with Crippen molar-refractivity contribution in [2.45, 2.75) is 51.0 Å². The number of carboxylic acids is 1. The first kappa shape index (κ1) is 20.1. The standard InChI is InChI=1S/C21H29NO4S/c1-4-5-7-12-15(20(23)24)18-17(13-16-19(18)21(16,2)3)22-27(25,26)14-10-8-6-9-11-14/h4-6,8-11,15-19,22H,7,12-13H2,1-3H3,(H,23,24)/b5-4-. The molecular formula is C21H29NO4S. The summed E-state index contributed by atoms with van der Waals surface area (Å²) < 4.78 is 28.4. The van der Waals surface area contributed by atoms with E-state index in [1.54, 1.807) is 30.3 Å². The Hall–Kier alpha value is -1.66. The Morgan fingerprint density at radius 2 is 2.00 bits per heavy atom. The maximum atomic E-state index is 12.8. The molecule has 0 radical (unpaired) electrons. The zero-order valence-corrected chi connectivity index (χ0v) is 16.9. The Balaban J connectivity index is 1.85. The maximum absolute atomic E-state index is 12.8. The molecule has 27 heavy (non-hydrogen) atoms. The van der Waals surface area contributed by atoms with Gasteiger partial charge in [-0.3, -0.25) is 4.79 Å². The molecule has 0 saturated heterocycles. The molecule has 2 fully saturated rings. The molecule has 148 valence electrons. The average Bonchev–Trinajstić information content (AvgIpc) is 2.95. The highest BCUT2D eigenvalue weighted by Gasteiger charge is 2.69. The molecule has 5 unspecified atom stereocenters. The molecule has 0 aliphatic heterocycles. The summed E-state index contributed by atoms with van der Waals surface area (Å²) in [7, 11) is -3.66. The molecule has 0 bridgehead atoms. The number of hydrogen-bond acceptors (Lipinski definition) is 3. The van der Waals surface area contributed by atoms with Crippen molar-refractivity contribution in [1.82, 2.24) is 4.72 Å². The normalized spacial score (nSPS) is 30.2. The van der Waals surface area contributed by atoms with Crippen LogP contribution >= 0.6 is 0 Å². The van der Waals surface area contributed by atoms with E-state index in [-0.39, 0.29) is 28.2 Å². The van der Waals surface area contributed by atoms with E-state index >= 15 is 0 Å². The van der Waals surface area contributed by atoms with Crippen LogP contribution in [0.5, 0.6) is 0 Å². The number of hydrogen-bond donors (Lipinski definition) is 2. The molecule has 6 heteroatoms. The van der Waals surface area contributed by atoms with Crippen molar-refractivity contribution in [1.29, 1.82) is 0 Å². The third-order valence-corrected chi connectivity index (χ3v) is 8.05. The summed E-state index contributed by atoms with van der Waals surface area (Å²) in [5, 5.41) is 9.87. The summed E-state index contributed by atoms with van der Waals surface area (Å²) in [5.41, 5.74) is 0.0909. The van der Waals surface area contributed by atoms with E-state index in [2.05, 4.69) is 18.6 Å². The Morgan fingerprint density at radius 1 is 1.33 bits per heavy atom. The lowest BCUT2D eigenvalue weighted by Gasteiger charge is -2.31. The van der Waals surface area contributed by atoms with Crippen LogP contribution in [-0.2, 0) is 14.8 Å². The average molecular weight is 392 g/mol. The van der Waals surface area contributed by atoms with Crippen molar-refractivity contribution in [3.8, 4) is 0 Å². The maximum Gasteiger partial charge on any atom is 0.306 e. The number of aliphatic carboxylic acids is 1. The first-order chi connectivity index (χ1) is 12.7. The smallest absolute Gasteiger partial charge is 0.306 e. The number of sulfonamides is 1. The minimum absolute atomic E-state index is 0.0909. The number of rotatable bonds is 8. The fourth-order valence-corrected chi connectivity index (χ4v) is 6.43. The third-order valence-electron chi connectivity index (χ3n) is 6.55. The van der Waals surface area contributed by atoms with E-state index in [9.17, 15) is 18.3 Å². The van der Waals surface area contributed by atoms with Crippen molar-refractivity contribution in [2.75, 3.05) is 0 Å². The highest BCUT2D eigenvalue weighted by molar-refractivity contribution is 7.89. The van der Waals surface area contributed by atoms with Crippen LogP contribution < -0.4 is 4.72 Å². The van der Waals surface area contributed by atoms with Crippen LogP contribution in [0.2, 0.25) is 0 Å². The summed E-state index contributed by atoms with van der Waals surface area (Å²) >= 11 is 0. The van der Waals surface area contributed by atoms with Gasteiger partial charge in [-0.1, -0.05) is 44.2 Å². The molecule has 5 atom stereocenters. The molecule has 0 amide bonds. The molecule has 1 aromatic rings. The summed E-state index contributed by atoms with van der Waals surface area (Å²) in [4.78, 5) is 12.3. The molecule has 2 N–H and O–H groups in total. The van der Waals surface area contributed by atoms with Gasteiger partial charge in [-0.15, -0.1) is 0 Å². The van der Waals surface area contributed by atoms with Gasteiger partial charge in [-0.05, 0) is 61.5 Å². The number of allylic oxidation sites excluding steroid dienone is 2. The Morgan fingerprint density at radius 3 is 2.59 bits per heavy atom. The lowest BCUT2D eigenvalue weighted by Crippen LogP contribution is -2.44. The van der Waals surface area contributed by atoms with Gasteiger partial charge in [-0.25, -0.2) is 13.1 Å². The topological polar surface area (TPSA) is 83.5 Å². The quantitative estimate of drug-likeness (QED) is 0.662. The van der Waals surface area contributed by atoms with Crippen molar-refractivity contribution in [3.05, 3.63) is 42.5 Å². The summed E-state index contributed by atoms with van der Waals surface area (Å²) in [6.45, 7) is 6.26. The van der Waals surface area contributed by atoms with Gasteiger partial charge in [0, 0.05) is 6.04 Å². The van der Waals surface area contributed by atoms with Gasteiger partial charge < -0.3 is 5.11 Å².